The highest BCUT2D eigenvalue weighted by atomic mass is 16.2. The summed E-state index contributed by atoms with van der Waals surface area (Å²) in [6, 6.07) is 0.438. The van der Waals surface area contributed by atoms with Gasteiger partial charge in [0.2, 0.25) is 0 Å². The van der Waals surface area contributed by atoms with Crippen LogP contribution in [0.2, 0.25) is 0 Å². The summed E-state index contributed by atoms with van der Waals surface area (Å²) >= 11 is 0. The van der Waals surface area contributed by atoms with Crippen molar-refractivity contribution < 1.29 is 4.79 Å². The second-order valence-corrected chi connectivity index (χ2v) is 4.11. The maximum absolute atomic E-state index is 11.3. The Morgan fingerprint density at radius 3 is 2.60 bits per heavy atom. The number of carbonyl (C=O) groups is 1. The van der Waals surface area contributed by atoms with Gasteiger partial charge in [0.25, 0.3) is 0 Å². The molecule has 2 amide bonds. The second kappa shape index (κ2) is 6.67. The zero-order valence-electron chi connectivity index (χ0n) is 9.88. The Kier molecular flexibility index (Phi) is 5.47. The van der Waals surface area contributed by atoms with Crippen LogP contribution in [0.3, 0.4) is 0 Å². The van der Waals surface area contributed by atoms with Crippen LogP contribution in [-0.2, 0) is 0 Å². The molecule has 1 aliphatic carbocycles. The molecule has 0 aromatic rings. The maximum atomic E-state index is 11.3. The molecule has 0 saturated heterocycles. The van der Waals surface area contributed by atoms with Crippen LogP contribution in [0, 0.1) is 0 Å². The van der Waals surface area contributed by atoms with Crippen LogP contribution in [0.15, 0.2) is 0 Å². The molecule has 0 radical (unpaired) electrons. The van der Waals surface area contributed by atoms with Crippen LogP contribution in [-0.4, -0.2) is 43.2 Å². The van der Waals surface area contributed by atoms with Crippen molar-refractivity contribution in [3.05, 3.63) is 0 Å². The summed E-state index contributed by atoms with van der Waals surface area (Å²) in [5.41, 5.74) is 0. The molecule has 0 atom stereocenters. The van der Waals surface area contributed by atoms with E-state index in [9.17, 15) is 4.79 Å². The number of nitrogens with one attached hydrogen (secondary N) is 2. The van der Waals surface area contributed by atoms with Crippen molar-refractivity contribution in [1.82, 2.24) is 15.5 Å². The van der Waals surface area contributed by atoms with Gasteiger partial charge >= 0.3 is 6.03 Å². The third kappa shape index (κ3) is 5.62. The number of amides is 2. The molecule has 1 saturated carbocycles. The molecule has 88 valence electrons. The molecule has 0 aromatic carbocycles. The Morgan fingerprint density at radius 2 is 2.07 bits per heavy atom. The Labute approximate surface area is 92.4 Å². The number of carbonyl (C=O) groups excluding carboxylic acids is 1. The molecule has 0 unspecified atom stereocenters. The van der Waals surface area contributed by atoms with E-state index in [0.29, 0.717) is 6.04 Å². The van der Waals surface area contributed by atoms with Crippen molar-refractivity contribution in [1.29, 1.82) is 0 Å². The Bertz CT molecular complexity index is 192. The highest BCUT2D eigenvalue weighted by molar-refractivity contribution is 5.74. The molecule has 0 bridgehead atoms. The van der Waals surface area contributed by atoms with Crippen LogP contribution >= 0.6 is 0 Å². The average molecular weight is 213 g/mol. The molecule has 15 heavy (non-hydrogen) atoms. The SMILES string of the molecule is CCCN(CC)CCNC(=O)NC1CC1. The monoisotopic (exact) mass is 213 g/mol. The highest BCUT2D eigenvalue weighted by Gasteiger charge is 2.22. The normalized spacial score (nSPS) is 15.4. The first-order chi connectivity index (χ1) is 7.26. The third-order valence-electron chi connectivity index (χ3n) is 2.61. The van der Waals surface area contributed by atoms with Crippen LogP contribution in [0.4, 0.5) is 4.79 Å². The van der Waals surface area contributed by atoms with E-state index in [0.717, 1.165) is 39.0 Å². The summed E-state index contributed by atoms with van der Waals surface area (Å²) in [5.74, 6) is 0. The molecular formula is C11H23N3O. The van der Waals surface area contributed by atoms with Crippen molar-refractivity contribution in [3.63, 3.8) is 0 Å². The number of urea groups is 1. The van der Waals surface area contributed by atoms with Gasteiger partial charge in [0.15, 0.2) is 0 Å². The van der Waals surface area contributed by atoms with E-state index >= 15 is 0 Å². The quantitative estimate of drug-likeness (QED) is 0.667. The highest BCUT2D eigenvalue weighted by Crippen LogP contribution is 2.18. The second-order valence-electron chi connectivity index (χ2n) is 4.11. The molecule has 0 heterocycles. The lowest BCUT2D eigenvalue weighted by Gasteiger charge is -2.19. The van der Waals surface area contributed by atoms with Gasteiger partial charge in [0.05, 0.1) is 0 Å². The predicted octanol–water partition coefficient (Wildman–Crippen LogP) is 1.18. The fourth-order valence-electron chi connectivity index (χ4n) is 1.54. The molecule has 4 nitrogen and oxygen atoms in total. The van der Waals surface area contributed by atoms with Crippen molar-refractivity contribution >= 4 is 6.03 Å². The topological polar surface area (TPSA) is 44.4 Å². The minimum atomic E-state index is -0.00921. The maximum Gasteiger partial charge on any atom is 0.315 e. The molecule has 0 aliphatic heterocycles. The van der Waals surface area contributed by atoms with Crippen LogP contribution in [0.5, 0.6) is 0 Å². The van der Waals surface area contributed by atoms with E-state index in [-0.39, 0.29) is 6.03 Å². The third-order valence-corrected chi connectivity index (χ3v) is 2.61. The van der Waals surface area contributed by atoms with Gasteiger partial charge in [-0.1, -0.05) is 13.8 Å². The predicted molar refractivity (Wildman–Crippen MR) is 62.0 cm³/mol. The van der Waals surface area contributed by atoms with E-state index < -0.39 is 0 Å². The van der Waals surface area contributed by atoms with Crippen molar-refractivity contribution in [3.8, 4) is 0 Å². The van der Waals surface area contributed by atoms with E-state index in [1.54, 1.807) is 0 Å². The van der Waals surface area contributed by atoms with Crippen molar-refractivity contribution in [2.45, 2.75) is 39.2 Å². The summed E-state index contributed by atoms with van der Waals surface area (Å²) in [4.78, 5) is 13.6. The number of hydrogen-bond donors (Lipinski definition) is 2. The van der Waals surface area contributed by atoms with Gasteiger partial charge in [-0.3, -0.25) is 0 Å². The molecule has 1 aliphatic rings. The van der Waals surface area contributed by atoms with Crippen LogP contribution in [0.25, 0.3) is 0 Å². The van der Waals surface area contributed by atoms with E-state index in [2.05, 4.69) is 29.4 Å². The average Bonchev–Trinajstić information content (AvgIpc) is 3.00. The van der Waals surface area contributed by atoms with Crippen LogP contribution < -0.4 is 10.6 Å². The van der Waals surface area contributed by atoms with Gasteiger partial charge in [0, 0.05) is 19.1 Å². The Hall–Kier alpha value is -0.770. The van der Waals surface area contributed by atoms with Crippen LogP contribution in [0.1, 0.15) is 33.1 Å². The first-order valence-corrected chi connectivity index (χ1v) is 6.03. The lowest BCUT2D eigenvalue weighted by molar-refractivity contribution is 0.235. The fraction of sp³-hybridized carbons (Fsp3) is 0.909. The molecule has 0 spiro atoms. The smallest absolute Gasteiger partial charge is 0.315 e. The van der Waals surface area contributed by atoms with Gasteiger partial charge in [-0.2, -0.15) is 0 Å². The zero-order chi connectivity index (χ0) is 11.1. The summed E-state index contributed by atoms with van der Waals surface area (Å²) in [5, 5.41) is 5.79. The van der Waals surface area contributed by atoms with Gasteiger partial charge in [0.1, 0.15) is 0 Å². The summed E-state index contributed by atoms with van der Waals surface area (Å²) < 4.78 is 0. The molecule has 0 aromatic heterocycles. The van der Waals surface area contributed by atoms with E-state index in [1.807, 2.05) is 0 Å². The number of likely N-dealkylation sites (N-methyl/N-ethyl adjacent to an activating group) is 1. The fourth-order valence-corrected chi connectivity index (χ4v) is 1.54. The summed E-state index contributed by atoms with van der Waals surface area (Å²) in [6.45, 7) is 8.19. The largest absolute Gasteiger partial charge is 0.337 e. The van der Waals surface area contributed by atoms with E-state index in [1.165, 1.54) is 6.42 Å². The molecule has 4 heteroatoms. The first-order valence-electron chi connectivity index (χ1n) is 6.03. The van der Waals surface area contributed by atoms with Crippen molar-refractivity contribution in [2.24, 2.45) is 0 Å². The van der Waals surface area contributed by atoms with Gasteiger partial charge in [-0.25, -0.2) is 4.79 Å². The molecule has 1 fully saturated rings. The first kappa shape index (κ1) is 12.3. The van der Waals surface area contributed by atoms with E-state index in [4.69, 9.17) is 0 Å². The number of rotatable bonds is 7. The Balaban J connectivity index is 2.00. The van der Waals surface area contributed by atoms with Gasteiger partial charge in [-0.05, 0) is 32.4 Å². The number of nitrogens with zero attached hydrogens (tertiary/aromatic N) is 1. The zero-order valence-corrected chi connectivity index (χ0v) is 9.88. The lowest BCUT2D eigenvalue weighted by Crippen LogP contribution is -2.41. The summed E-state index contributed by atoms with van der Waals surface area (Å²) in [7, 11) is 0. The van der Waals surface area contributed by atoms with Gasteiger partial charge < -0.3 is 15.5 Å². The van der Waals surface area contributed by atoms with Gasteiger partial charge in [-0.15, -0.1) is 0 Å². The molecule has 2 N–H and O–H groups in total. The number of hydrogen-bond acceptors (Lipinski definition) is 2. The molecular weight excluding hydrogens is 190 g/mol. The Morgan fingerprint density at radius 1 is 1.33 bits per heavy atom. The lowest BCUT2D eigenvalue weighted by atomic mass is 10.4. The summed E-state index contributed by atoms with van der Waals surface area (Å²) in [6.07, 6.45) is 3.46. The standard InChI is InChI=1S/C11H23N3O/c1-3-8-14(4-2)9-7-12-11(15)13-10-5-6-10/h10H,3-9H2,1-2H3,(H2,12,13,15). The minimum Gasteiger partial charge on any atom is -0.337 e. The molecule has 1 rings (SSSR count). The minimum absolute atomic E-state index is 0.00921. The van der Waals surface area contributed by atoms with Crippen molar-refractivity contribution in [2.75, 3.05) is 26.2 Å².